The first-order chi connectivity index (χ1) is 14.2. The molecule has 154 valence electrons. The lowest BCUT2D eigenvalue weighted by Crippen LogP contribution is -2.33. The fourth-order valence-corrected chi connectivity index (χ4v) is 3.79. The first kappa shape index (κ1) is 19.3. The second-order valence-electron chi connectivity index (χ2n) is 7.62. The molecule has 0 spiro atoms. The van der Waals surface area contributed by atoms with E-state index in [-0.39, 0.29) is 11.5 Å². The van der Waals surface area contributed by atoms with E-state index in [2.05, 4.69) is 25.3 Å². The Morgan fingerprint density at radius 3 is 2.21 bits per heavy atom. The Kier molecular flexibility index (Phi) is 5.97. The van der Waals surface area contributed by atoms with Crippen LogP contribution in [0.5, 0.6) is 11.5 Å². The predicted molar refractivity (Wildman–Crippen MR) is 115 cm³/mol. The topological polar surface area (TPSA) is 97.1 Å². The molecule has 2 fully saturated rings. The number of hydrogen-bond donors (Lipinski definition) is 3. The van der Waals surface area contributed by atoms with Gasteiger partial charge in [0.1, 0.15) is 5.82 Å². The van der Waals surface area contributed by atoms with Crippen LogP contribution in [-0.2, 0) is 0 Å². The molecule has 2 aromatic rings. The van der Waals surface area contributed by atoms with Gasteiger partial charge in [-0.3, -0.25) is 5.43 Å². The van der Waals surface area contributed by atoms with E-state index in [1.165, 1.54) is 50.7 Å². The van der Waals surface area contributed by atoms with Gasteiger partial charge in [-0.15, -0.1) is 0 Å². The molecule has 0 atom stereocenters. The summed E-state index contributed by atoms with van der Waals surface area (Å²) in [6, 6.07) is 6.52. The van der Waals surface area contributed by atoms with Crippen LogP contribution in [0, 0.1) is 0 Å². The summed E-state index contributed by atoms with van der Waals surface area (Å²) < 4.78 is 0. The maximum absolute atomic E-state index is 9.61. The molecular formula is C21H28N6O2. The van der Waals surface area contributed by atoms with Gasteiger partial charge < -0.3 is 20.0 Å². The monoisotopic (exact) mass is 396 g/mol. The predicted octanol–water partition coefficient (Wildman–Crippen LogP) is 3.31. The van der Waals surface area contributed by atoms with Gasteiger partial charge in [0, 0.05) is 32.2 Å². The molecule has 2 saturated heterocycles. The highest BCUT2D eigenvalue weighted by atomic mass is 16.3. The Morgan fingerprint density at radius 2 is 1.52 bits per heavy atom. The van der Waals surface area contributed by atoms with E-state index in [0.717, 1.165) is 37.9 Å². The largest absolute Gasteiger partial charge is 0.504 e. The molecule has 0 unspecified atom stereocenters. The summed E-state index contributed by atoms with van der Waals surface area (Å²) in [5, 5.41) is 23.3. The van der Waals surface area contributed by atoms with Gasteiger partial charge in [0.2, 0.25) is 5.95 Å². The number of rotatable bonds is 5. The Labute approximate surface area is 170 Å². The zero-order valence-corrected chi connectivity index (χ0v) is 16.6. The van der Waals surface area contributed by atoms with Crippen LogP contribution in [0.4, 0.5) is 17.6 Å². The minimum absolute atomic E-state index is 0.150. The Bertz CT molecular complexity index is 824. The van der Waals surface area contributed by atoms with Gasteiger partial charge >= 0.3 is 0 Å². The second-order valence-corrected chi connectivity index (χ2v) is 7.62. The average molecular weight is 396 g/mol. The Balaban J connectivity index is 1.55. The standard InChI is InChI=1S/C21H28N6O2/c28-17-8-7-16(13-18(17)29)15-22-25-19-14-20(26-9-3-1-4-10-26)24-21(23-19)27-11-5-2-6-12-27/h7-8,13-15,28-29H,1-6,9-12H2,(H,23,24,25)/b22-15-. The van der Waals surface area contributed by atoms with Crippen molar-refractivity contribution in [2.45, 2.75) is 38.5 Å². The van der Waals surface area contributed by atoms with Crippen molar-refractivity contribution < 1.29 is 10.2 Å². The number of benzene rings is 1. The van der Waals surface area contributed by atoms with E-state index in [9.17, 15) is 10.2 Å². The molecule has 0 bridgehead atoms. The number of hydrogen-bond acceptors (Lipinski definition) is 8. The number of anilines is 3. The molecule has 2 aliphatic rings. The summed E-state index contributed by atoms with van der Waals surface area (Å²) in [4.78, 5) is 14.1. The van der Waals surface area contributed by atoms with Crippen LogP contribution in [0.2, 0.25) is 0 Å². The number of phenolic OH excluding ortho intramolecular Hbond substituents is 2. The summed E-state index contributed by atoms with van der Waals surface area (Å²) in [5.74, 6) is 2.03. The number of piperidine rings is 2. The van der Waals surface area contributed by atoms with Crippen LogP contribution in [-0.4, -0.2) is 52.6 Å². The maximum Gasteiger partial charge on any atom is 0.229 e. The normalized spacial score (nSPS) is 17.7. The van der Waals surface area contributed by atoms with E-state index in [1.54, 1.807) is 12.3 Å². The second kappa shape index (κ2) is 8.98. The summed E-state index contributed by atoms with van der Waals surface area (Å²) >= 11 is 0. The van der Waals surface area contributed by atoms with Crippen molar-refractivity contribution in [1.82, 2.24) is 9.97 Å². The SMILES string of the molecule is Oc1ccc(/C=N\Nc2cc(N3CCCCC3)nc(N3CCCCC3)n2)cc1O. The summed E-state index contributed by atoms with van der Waals surface area (Å²) in [6.07, 6.45) is 8.84. The number of nitrogens with one attached hydrogen (secondary N) is 1. The van der Waals surface area contributed by atoms with Gasteiger partial charge in [0.05, 0.1) is 6.21 Å². The zero-order chi connectivity index (χ0) is 20.1. The first-order valence-electron chi connectivity index (χ1n) is 10.4. The molecule has 0 saturated carbocycles. The average Bonchev–Trinajstić information content (AvgIpc) is 2.77. The Morgan fingerprint density at radius 1 is 0.828 bits per heavy atom. The van der Waals surface area contributed by atoms with Crippen molar-refractivity contribution >= 4 is 23.8 Å². The third-order valence-electron chi connectivity index (χ3n) is 5.41. The third-order valence-corrected chi connectivity index (χ3v) is 5.41. The molecule has 4 rings (SSSR count). The van der Waals surface area contributed by atoms with Crippen molar-refractivity contribution in [1.29, 1.82) is 0 Å². The minimum atomic E-state index is -0.171. The van der Waals surface area contributed by atoms with Crippen molar-refractivity contribution in [3.8, 4) is 11.5 Å². The molecule has 3 heterocycles. The number of hydrazone groups is 1. The lowest BCUT2D eigenvalue weighted by molar-refractivity contribution is 0.403. The number of nitrogens with zero attached hydrogens (tertiary/aromatic N) is 5. The molecule has 2 aliphatic heterocycles. The highest BCUT2D eigenvalue weighted by molar-refractivity contribution is 5.81. The summed E-state index contributed by atoms with van der Waals surface area (Å²) in [5.41, 5.74) is 3.68. The van der Waals surface area contributed by atoms with Crippen LogP contribution >= 0.6 is 0 Å². The van der Waals surface area contributed by atoms with E-state index < -0.39 is 0 Å². The fourth-order valence-electron chi connectivity index (χ4n) is 3.79. The van der Waals surface area contributed by atoms with Crippen LogP contribution in [0.3, 0.4) is 0 Å². The van der Waals surface area contributed by atoms with Crippen LogP contribution in [0.25, 0.3) is 0 Å². The molecule has 0 radical (unpaired) electrons. The number of aromatic nitrogens is 2. The first-order valence-corrected chi connectivity index (χ1v) is 10.4. The minimum Gasteiger partial charge on any atom is -0.504 e. The molecule has 1 aromatic carbocycles. The van der Waals surface area contributed by atoms with Crippen molar-refractivity contribution in [2.75, 3.05) is 41.4 Å². The van der Waals surface area contributed by atoms with E-state index in [1.807, 2.05) is 6.07 Å². The van der Waals surface area contributed by atoms with Gasteiger partial charge in [0.25, 0.3) is 0 Å². The molecule has 0 amide bonds. The zero-order valence-electron chi connectivity index (χ0n) is 16.6. The van der Waals surface area contributed by atoms with Crippen molar-refractivity contribution in [3.63, 3.8) is 0 Å². The summed E-state index contributed by atoms with van der Waals surface area (Å²) in [6.45, 7) is 4.01. The van der Waals surface area contributed by atoms with Crippen molar-refractivity contribution in [2.24, 2.45) is 5.10 Å². The molecule has 8 heteroatoms. The maximum atomic E-state index is 9.61. The lowest BCUT2D eigenvalue weighted by atomic mass is 10.1. The lowest BCUT2D eigenvalue weighted by Gasteiger charge is -2.31. The molecule has 0 aliphatic carbocycles. The van der Waals surface area contributed by atoms with Crippen molar-refractivity contribution in [3.05, 3.63) is 29.8 Å². The molecule has 1 aromatic heterocycles. The van der Waals surface area contributed by atoms with Gasteiger partial charge in [0.15, 0.2) is 17.3 Å². The van der Waals surface area contributed by atoms with Gasteiger partial charge in [-0.05, 0) is 62.3 Å². The van der Waals surface area contributed by atoms with Crippen LogP contribution in [0.1, 0.15) is 44.1 Å². The molecule has 3 N–H and O–H groups in total. The van der Waals surface area contributed by atoms with Crippen LogP contribution < -0.4 is 15.2 Å². The van der Waals surface area contributed by atoms with E-state index >= 15 is 0 Å². The number of aromatic hydroxyl groups is 2. The molecule has 8 nitrogen and oxygen atoms in total. The highest BCUT2D eigenvalue weighted by Crippen LogP contribution is 2.26. The smallest absolute Gasteiger partial charge is 0.229 e. The third kappa shape index (κ3) is 4.88. The molecular weight excluding hydrogens is 368 g/mol. The number of phenols is 2. The quantitative estimate of drug-likeness (QED) is 0.405. The van der Waals surface area contributed by atoms with E-state index in [4.69, 9.17) is 4.98 Å². The highest BCUT2D eigenvalue weighted by Gasteiger charge is 2.19. The van der Waals surface area contributed by atoms with Gasteiger partial charge in [-0.2, -0.15) is 15.1 Å². The van der Waals surface area contributed by atoms with Crippen LogP contribution in [0.15, 0.2) is 29.4 Å². The van der Waals surface area contributed by atoms with Gasteiger partial charge in [-0.25, -0.2) is 0 Å². The van der Waals surface area contributed by atoms with Gasteiger partial charge in [-0.1, -0.05) is 0 Å². The Hall–Kier alpha value is -3.03. The summed E-state index contributed by atoms with van der Waals surface area (Å²) in [7, 11) is 0. The van der Waals surface area contributed by atoms with E-state index in [0.29, 0.717) is 11.4 Å². The molecule has 29 heavy (non-hydrogen) atoms. The fraction of sp³-hybridized carbons (Fsp3) is 0.476.